The second kappa shape index (κ2) is 10.7. The van der Waals surface area contributed by atoms with Crippen molar-refractivity contribution < 1.29 is 40.8 Å². The maximum Gasteiger partial charge on any atom is 0.333 e. The number of hydrogen-bond acceptors (Lipinski definition) is 8. The maximum atomic E-state index is 15.3. The third-order valence-corrected chi connectivity index (χ3v) is 11.6. The highest BCUT2D eigenvalue weighted by Crippen LogP contribution is 2.68. The first-order chi connectivity index (χ1) is 18.7. The minimum atomic E-state index is -4.23. The molecule has 8 nitrogen and oxygen atoms in total. The molecule has 3 saturated carbocycles. The second-order valence-corrected chi connectivity index (χ2v) is 14.0. The van der Waals surface area contributed by atoms with Crippen molar-refractivity contribution in [3.8, 4) is 0 Å². The number of rotatable bonds is 8. The number of alkyl halides is 1. The summed E-state index contributed by atoms with van der Waals surface area (Å²) in [7, 11) is -4.23. The van der Waals surface area contributed by atoms with Gasteiger partial charge in [-0.2, -0.15) is 8.42 Å². The Hall–Kier alpha value is -2.59. The summed E-state index contributed by atoms with van der Waals surface area (Å²) in [4.78, 5) is 38.2. The minimum absolute atomic E-state index is 0.00445. The van der Waals surface area contributed by atoms with Crippen LogP contribution < -0.4 is 0 Å². The van der Waals surface area contributed by atoms with Crippen LogP contribution in [0.25, 0.3) is 0 Å². The summed E-state index contributed by atoms with van der Waals surface area (Å²) in [5.74, 6) is -2.73. The number of carbonyl (C=O) groups excluding carboxylic acids is 3. The average molecular weight is 579 g/mol. The standard InChI is InChI=1S/C30H39FO8S/c1-7-28(5)15-23(39-24(33)16-38-40(35,36)21-10-8-18(2)9-11-21)29(6)19(3)12-13-30(20(4)27(28)37-17-32)14-22(31)25(34)26(29)30/h7-11,17,19-20,22-23,26-27H,1,12-16H2,2-6H3. The predicted molar refractivity (Wildman–Crippen MR) is 144 cm³/mol. The lowest BCUT2D eigenvalue weighted by Gasteiger charge is -2.61. The van der Waals surface area contributed by atoms with E-state index in [9.17, 15) is 22.8 Å². The van der Waals surface area contributed by atoms with Gasteiger partial charge in [-0.15, -0.1) is 6.58 Å². The number of ether oxygens (including phenoxy) is 2. The molecule has 0 N–H and O–H groups in total. The first-order valence-corrected chi connectivity index (χ1v) is 15.1. The molecule has 0 amide bonds. The van der Waals surface area contributed by atoms with E-state index in [0.29, 0.717) is 19.3 Å². The summed E-state index contributed by atoms with van der Waals surface area (Å²) in [5, 5.41) is 0. The van der Waals surface area contributed by atoms with Gasteiger partial charge < -0.3 is 9.47 Å². The molecule has 1 aromatic carbocycles. The van der Waals surface area contributed by atoms with E-state index in [1.165, 1.54) is 12.1 Å². The van der Waals surface area contributed by atoms with Crippen molar-refractivity contribution >= 4 is 28.3 Å². The van der Waals surface area contributed by atoms with Crippen molar-refractivity contribution in [2.45, 2.75) is 83.6 Å². The van der Waals surface area contributed by atoms with Crippen LogP contribution in [-0.2, 0) is 38.2 Å². The van der Waals surface area contributed by atoms with Crippen LogP contribution >= 0.6 is 0 Å². The van der Waals surface area contributed by atoms with Gasteiger partial charge in [-0.25, -0.2) is 9.18 Å². The van der Waals surface area contributed by atoms with E-state index in [1.54, 1.807) is 18.2 Å². The van der Waals surface area contributed by atoms with Crippen molar-refractivity contribution in [1.82, 2.24) is 0 Å². The summed E-state index contributed by atoms with van der Waals surface area (Å²) in [6.45, 7) is 12.9. The van der Waals surface area contributed by atoms with Crippen LogP contribution in [0.15, 0.2) is 41.8 Å². The van der Waals surface area contributed by atoms with E-state index in [-0.39, 0.29) is 29.6 Å². The minimum Gasteiger partial charge on any atom is -0.463 e. The van der Waals surface area contributed by atoms with Gasteiger partial charge in [-0.05, 0) is 56.1 Å². The lowest BCUT2D eigenvalue weighted by Crippen LogP contribution is -2.63. The Labute approximate surface area is 235 Å². The smallest absolute Gasteiger partial charge is 0.333 e. The van der Waals surface area contributed by atoms with Gasteiger partial charge >= 0.3 is 5.97 Å². The Kier molecular flexibility index (Phi) is 8.10. The van der Waals surface area contributed by atoms with Crippen LogP contribution in [0, 0.1) is 40.9 Å². The summed E-state index contributed by atoms with van der Waals surface area (Å²) < 4.78 is 57.3. The van der Waals surface area contributed by atoms with E-state index in [2.05, 4.69) is 6.58 Å². The summed E-state index contributed by atoms with van der Waals surface area (Å²) >= 11 is 0. The maximum absolute atomic E-state index is 15.3. The molecule has 9 unspecified atom stereocenters. The van der Waals surface area contributed by atoms with Gasteiger partial charge in [-0.3, -0.25) is 13.8 Å². The molecular weight excluding hydrogens is 539 g/mol. The average Bonchev–Trinajstić information content (AvgIpc) is 3.18. The largest absolute Gasteiger partial charge is 0.463 e. The fraction of sp³-hybridized carbons (Fsp3) is 0.633. The van der Waals surface area contributed by atoms with E-state index in [0.717, 1.165) is 5.56 Å². The molecule has 0 heterocycles. The van der Waals surface area contributed by atoms with Gasteiger partial charge in [0.05, 0.1) is 4.90 Å². The third-order valence-electron chi connectivity index (χ3n) is 10.4. The molecule has 4 rings (SSSR count). The van der Waals surface area contributed by atoms with Gasteiger partial charge in [0.1, 0.15) is 12.2 Å². The van der Waals surface area contributed by atoms with Crippen LogP contribution in [-0.4, -0.2) is 51.6 Å². The van der Waals surface area contributed by atoms with Crippen molar-refractivity contribution in [2.24, 2.45) is 34.0 Å². The monoisotopic (exact) mass is 578 g/mol. The van der Waals surface area contributed by atoms with Crippen molar-refractivity contribution in [3.05, 3.63) is 42.5 Å². The van der Waals surface area contributed by atoms with E-state index >= 15 is 4.39 Å². The van der Waals surface area contributed by atoms with Crippen LogP contribution in [0.3, 0.4) is 0 Å². The van der Waals surface area contributed by atoms with Crippen molar-refractivity contribution in [1.29, 1.82) is 0 Å². The molecule has 0 aromatic heterocycles. The molecule has 40 heavy (non-hydrogen) atoms. The zero-order valence-corrected chi connectivity index (χ0v) is 24.5. The van der Waals surface area contributed by atoms with Crippen LogP contribution in [0.1, 0.15) is 58.9 Å². The fourth-order valence-electron chi connectivity index (χ4n) is 7.85. The first-order valence-electron chi connectivity index (χ1n) is 13.7. The summed E-state index contributed by atoms with van der Waals surface area (Å²) in [6, 6.07) is 6.01. The number of esters is 1. The van der Waals surface area contributed by atoms with Gasteiger partial charge in [0, 0.05) is 22.7 Å². The molecule has 10 heteroatoms. The highest BCUT2D eigenvalue weighted by atomic mass is 32.2. The number of carbonyl (C=O) groups is 3. The van der Waals surface area contributed by atoms with Crippen LogP contribution in [0.5, 0.6) is 0 Å². The number of aryl methyl sites for hydroxylation is 1. The molecule has 9 atom stereocenters. The predicted octanol–water partition coefficient (Wildman–Crippen LogP) is 4.74. The molecule has 220 valence electrons. The van der Waals surface area contributed by atoms with E-state index < -0.39 is 69.0 Å². The Balaban J connectivity index is 1.71. The Morgan fingerprint density at radius 2 is 1.82 bits per heavy atom. The number of hydrogen-bond donors (Lipinski definition) is 0. The number of benzene rings is 1. The molecule has 0 aliphatic heterocycles. The summed E-state index contributed by atoms with van der Waals surface area (Å²) in [6.07, 6.45) is -0.358. The van der Waals surface area contributed by atoms with E-state index in [4.69, 9.17) is 13.7 Å². The molecule has 0 spiro atoms. The lowest BCUT2D eigenvalue weighted by atomic mass is 9.44. The van der Waals surface area contributed by atoms with E-state index in [1.807, 2.05) is 34.6 Å². The molecule has 1 aromatic rings. The quantitative estimate of drug-likeness (QED) is 0.188. The van der Waals surface area contributed by atoms with Gasteiger partial charge in [0.2, 0.25) is 0 Å². The van der Waals surface area contributed by atoms with Crippen molar-refractivity contribution in [2.75, 3.05) is 6.61 Å². The second-order valence-electron chi connectivity index (χ2n) is 12.4. The topological polar surface area (TPSA) is 113 Å². The Morgan fingerprint density at radius 3 is 2.42 bits per heavy atom. The third kappa shape index (κ3) is 4.81. The molecule has 0 saturated heterocycles. The lowest BCUT2D eigenvalue weighted by molar-refractivity contribution is -0.211. The van der Waals surface area contributed by atoms with Crippen LogP contribution in [0.2, 0.25) is 0 Å². The normalized spacial score (nSPS) is 39.4. The molecule has 3 fully saturated rings. The fourth-order valence-corrected chi connectivity index (χ4v) is 8.71. The molecular formula is C30H39FO8S. The molecule has 0 radical (unpaired) electrons. The number of Topliss-reactive ketones (excluding diaryl/α,β-unsaturated/α-hetero) is 1. The van der Waals surface area contributed by atoms with Gasteiger partial charge in [0.15, 0.2) is 18.6 Å². The molecule has 3 aliphatic rings. The van der Waals surface area contributed by atoms with Crippen LogP contribution in [0.4, 0.5) is 4.39 Å². The van der Waals surface area contributed by atoms with Gasteiger partial charge in [0.25, 0.3) is 16.6 Å². The van der Waals surface area contributed by atoms with Gasteiger partial charge in [-0.1, -0.05) is 51.5 Å². The Morgan fingerprint density at radius 1 is 1.18 bits per heavy atom. The number of ketones is 1. The zero-order chi connectivity index (χ0) is 29.7. The molecule has 3 aliphatic carbocycles. The number of halogens is 1. The first kappa shape index (κ1) is 30.4. The highest BCUT2D eigenvalue weighted by Gasteiger charge is 2.71. The molecule has 2 bridgehead atoms. The summed E-state index contributed by atoms with van der Waals surface area (Å²) in [5.41, 5.74) is -1.81. The highest BCUT2D eigenvalue weighted by molar-refractivity contribution is 7.86. The zero-order valence-electron chi connectivity index (χ0n) is 23.7. The SMILES string of the molecule is C=CC1(C)CC(OC(=O)COS(=O)(=O)c2ccc(C)cc2)C2(C)C(C)CCC3(CC(F)C(=O)C32)C(C)C1OC=O. The van der Waals surface area contributed by atoms with Crippen molar-refractivity contribution in [3.63, 3.8) is 0 Å². The Bertz CT molecular complexity index is 1280.